The Kier molecular flexibility index (Phi) is 12.5. The van der Waals surface area contributed by atoms with Crippen LogP contribution in [0.2, 0.25) is 0 Å². The van der Waals surface area contributed by atoms with Crippen molar-refractivity contribution in [3.8, 4) is 0 Å². The molecule has 0 heterocycles. The summed E-state index contributed by atoms with van der Waals surface area (Å²) >= 11 is 16.0. The SMILES string of the molecule is S.SC(S)COCC(S)S. The maximum atomic E-state index is 5.05. The lowest BCUT2D eigenvalue weighted by atomic mass is 10.8. The highest BCUT2D eigenvalue weighted by atomic mass is 32.2. The molecule has 0 aliphatic heterocycles. The Bertz CT molecular complexity index is 58.7. The summed E-state index contributed by atoms with van der Waals surface area (Å²) in [6.07, 6.45) is 0. The fourth-order valence-electron chi connectivity index (χ4n) is 0.279. The minimum Gasteiger partial charge on any atom is -0.377 e. The third-order valence-electron chi connectivity index (χ3n) is 0.534. The summed E-state index contributed by atoms with van der Waals surface area (Å²) in [4.78, 5) is 0. The summed E-state index contributed by atoms with van der Waals surface area (Å²) in [6, 6.07) is 0. The molecular weight excluding hydrogens is 224 g/mol. The van der Waals surface area contributed by atoms with Crippen LogP contribution >= 0.6 is 64.0 Å². The van der Waals surface area contributed by atoms with Crippen LogP contribution in [0.1, 0.15) is 0 Å². The first-order chi connectivity index (χ1) is 4.13. The Morgan fingerprint density at radius 1 is 0.900 bits per heavy atom. The van der Waals surface area contributed by atoms with Gasteiger partial charge in [0.1, 0.15) is 0 Å². The highest BCUT2D eigenvalue weighted by Gasteiger charge is 1.97. The van der Waals surface area contributed by atoms with E-state index in [1.807, 2.05) is 0 Å². The summed E-state index contributed by atoms with van der Waals surface area (Å²) < 4.78 is 5.03. The largest absolute Gasteiger partial charge is 0.377 e. The monoisotopic (exact) mass is 236 g/mol. The summed E-state index contributed by atoms with van der Waals surface area (Å²) in [5.74, 6) is 0. The molecule has 0 amide bonds. The number of ether oxygens (including phenoxy) is 1. The first-order valence-electron chi connectivity index (χ1n) is 2.43. The second-order valence-corrected chi connectivity index (χ2v) is 4.81. The van der Waals surface area contributed by atoms with Crippen molar-refractivity contribution in [2.75, 3.05) is 13.2 Å². The zero-order valence-corrected chi connectivity index (χ0v) is 9.84. The van der Waals surface area contributed by atoms with Gasteiger partial charge < -0.3 is 4.74 Å². The Labute approximate surface area is 90.8 Å². The molecule has 0 radical (unpaired) electrons. The van der Waals surface area contributed by atoms with Crippen molar-refractivity contribution in [2.24, 2.45) is 0 Å². The van der Waals surface area contributed by atoms with Crippen LogP contribution in [0.25, 0.3) is 0 Å². The normalized spacial score (nSPS) is 10.2. The van der Waals surface area contributed by atoms with Gasteiger partial charge in [-0.25, -0.2) is 0 Å². The van der Waals surface area contributed by atoms with E-state index in [0.29, 0.717) is 13.2 Å². The van der Waals surface area contributed by atoms with Gasteiger partial charge in [-0.05, 0) is 0 Å². The molecule has 1 nitrogen and oxygen atoms in total. The van der Waals surface area contributed by atoms with E-state index in [2.05, 4.69) is 50.5 Å². The first-order valence-corrected chi connectivity index (χ1v) is 4.49. The molecule has 0 atom stereocenters. The van der Waals surface area contributed by atoms with E-state index < -0.39 is 0 Å². The predicted molar refractivity (Wildman–Crippen MR) is 64.7 cm³/mol. The average Bonchev–Trinajstić information content (AvgIpc) is 1.63. The van der Waals surface area contributed by atoms with Crippen LogP contribution in [0.3, 0.4) is 0 Å². The van der Waals surface area contributed by atoms with Gasteiger partial charge in [0, 0.05) is 0 Å². The molecule has 0 aromatic carbocycles. The van der Waals surface area contributed by atoms with Gasteiger partial charge in [0.2, 0.25) is 0 Å². The van der Waals surface area contributed by atoms with E-state index in [1.54, 1.807) is 0 Å². The van der Waals surface area contributed by atoms with Crippen molar-refractivity contribution in [3.63, 3.8) is 0 Å². The van der Waals surface area contributed by atoms with Gasteiger partial charge in [0.25, 0.3) is 0 Å². The van der Waals surface area contributed by atoms with E-state index in [-0.39, 0.29) is 22.7 Å². The Morgan fingerprint density at radius 2 is 1.20 bits per heavy atom. The third kappa shape index (κ3) is 12.4. The van der Waals surface area contributed by atoms with E-state index in [9.17, 15) is 0 Å². The number of rotatable bonds is 4. The van der Waals surface area contributed by atoms with Crippen molar-refractivity contribution in [1.82, 2.24) is 0 Å². The third-order valence-corrected chi connectivity index (χ3v) is 1.13. The van der Waals surface area contributed by atoms with Gasteiger partial charge in [-0.2, -0.15) is 64.0 Å². The van der Waals surface area contributed by atoms with Gasteiger partial charge >= 0.3 is 0 Å². The number of hydrogen-bond donors (Lipinski definition) is 4. The zero-order chi connectivity index (χ0) is 7.28. The van der Waals surface area contributed by atoms with E-state index in [4.69, 9.17) is 4.74 Å². The van der Waals surface area contributed by atoms with Crippen molar-refractivity contribution in [2.45, 2.75) is 9.16 Å². The Hall–Kier alpha value is 1.71. The Morgan fingerprint density at radius 3 is 1.40 bits per heavy atom. The first kappa shape index (κ1) is 14.2. The molecule has 0 saturated carbocycles. The van der Waals surface area contributed by atoms with Crippen LogP contribution < -0.4 is 0 Å². The van der Waals surface area contributed by atoms with Crippen LogP contribution in [-0.4, -0.2) is 22.4 Å². The second-order valence-electron chi connectivity index (χ2n) is 1.50. The van der Waals surface area contributed by atoms with Crippen molar-refractivity contribution < 1.29 is 4.74 Å². The summed E-state index contributed by atoms with van der Waals surface area (Å²) in [5, 5.41) is 0. The fourth-order valence-corrected chi connectivity index (χ4v) is 0.700. The molecule has 0 saturated heterocycles. The maximum Gasteiger partial charge on any atom is 0.0675 e. The topological polar surface area (TPSA) is 9.23 Å². The van der Waals surface area contributed by atoms with E-state index >= 15 is 0 Å². The molecule has 0 fully saturated rings. The van der Waals surface area contributed by atoms with E-state index in [1.165, 1.54) is 0 Å². The van der Waals surface area contributed by atoms with Crippen LogP contribution in [-0.2, 0) is 4.74 Å². The quantitative estimate of drug-likeness (QED) is 0.427. The number of thiol groups is 4. The zero-order valence-electron chi connectivity index (χ0n) is 5.27. The van der Waals surface area contributed by atoms with Gasteiger partial charge in [0.15, 0.2) is 0 Å². The van der Waals surface area contributed by atoms with Crippen LogP contribution in [0.4, 0.5) is 0 Å². The lowest BCUT2D eigenvalue weighted by Gasteiger charge is -2.06. The molecule has 0 aliphatic rings. The second kappa shape index (κ2) is 8.80. The molecule has 0 N–H and O–H groups in total. The molecule has 0 unspecified atom stereocenters. The molecule has 10 heavy (non-hydrogen) atoms. The lowest BCUT2D eigenvalue weighted by molar-refractivity contribution is 0.160. The standard InChI is InChI=1S/C4H10OS4.H2S/c6-3(7)1-5-2-4(8)9;/h3-4,6-9H,1-2H2;1H2. The van der Waals surface area contributed by atoms with Crippen LogP contribution in [0.15, 0.2) is 0 Å². The molecule has 0 bridgehead atoms. The smallest absolute Gasteiger partial charge is 0.0675 e. The molecule has 64 valence electrons. The molecule has 6 heteroatoms. The van der Waals surface area contributed by atoms with Crippen molar-refractivity contribution >= 4 is 64.0 Å². The van der Waals surface area contributed by atoms with Crippen molar-refractivity contribution in [3.05, 3.63) is 0 Å². The predicted octanol–water partition coefficient (Wildman–Crippen LogP) is 1.49. The highest BCUT2D eigenvalue weighted by Crippen LogP contribution is 2.03. The highest BCUT2D eigenvalue weighted by molar-refractivity contribution is 7.99. The average molecular weight is 236 g/mol. The molecule has 0 spiro atoms. The molecular formula is C4H12OS5. The van der Waals surface area contributed by atoms with Gasteiger partial charge in [0.05, 0.1) is 22.4 Å². The fraction of sp³-hybridized carbons (Fsp3) is 1.00. The van der Waals surface area contributed by atoms with Crippen LogP contribution in [0, 0.1) is 0 Å². The van der Waals surface area contributed by atoms with Crippen molar-refractivity contribution in [1.29, 1.82) is 0 Å². The Balaban J connectivity index is 0. The minimum absolute atomic E-state index is 0. The van der Waals surface area contributed by atoms with Gasteiger partial charge in [-0.3, -0.25) is 0 Å². The molecule has 0 rings (SSSR count). The summed E-state index contributed by atoms with van der Waals surface area (Å²) in [7, 11) is 0. The van der Waals surface area contributed by atoms with Crippen LogP contribution in [0.5, 0.6) is 0 Å². The maximum absolute atomic E-state index is 5.05. The lowest BCUT2D eigenvalue weighted by Crippen LogP contribution is -2.08. The van der Waals surface area contributed by atoms with Gasteiger partial charge in [-0.15, -0.1) is 0 Å². The molecule has 0 aromatic heterocycles. The van der Waals surface area contributed by atoms with E-state index in [0.717, 1.165) is 0 Å². The summed E-state index contributed by atoms with van der Waals surface area (Å²) in [5.41, 5.74) is 0. The minimum atomic E-state index is -0.00887. The van der Waals surface area contributed by atoms with Gasteiger partial charge in [-0.1, -0.05) is 0 Å². The summed E-state index contributed by atoms with van der Waals surface area (Å²) in [6.45, 7) is 1.06. The number of hydrogen-bond acceptors (Lipinski definition) is 5. The molecule has 0 aromatic rings. The molecule has 0 aliphatic carbocycles.